The molecule has 1 aromatic heterocycles. The summed E-state index contributed by atoms with van der Waals surface area (Å²) in [4.78, 5) is 18.6. The number of thiazole rings is 1. The van der Waals surface area contributed by atoms with Crippen molar-refractivity contribution in [3.63, 3.8) is 0 Å². The number of rotatable bonds is 8. The first-order chi connectivity index (χ1) is 11.1. The van der Waals surface area contributed by atoms with Crippen LogP contribution in [0.5, 0.6) is 0 Å². The smallest absolute Gasteiger partial charge is 0.234 e. The van der Waals surface area contributed by atoms with Crippen molar-refractivity contribution in [3.05, 3.63) is 52.5 Å². The Bertz CT molecular complexity index is 587. The van der Waals surface area contributed by atoms with Gasteiger partial charge in [0.1, 0.15) is 11.0 Å². The molecule has 0 fully saturated rings. The lowest BCUT2D eigenvalue weighted by Gasteiger charge is -2.21. The van der Waals surface area contributed by atoms with E-state index >= 15 is 0 Å². The Kier molecular flexibility index (Phi) is 6.70. The predicted octanol–water partition coefficient (Wildman–Crippen LogP) is 2.05. The molecule has 1 aromatic carbocycles. The predicted molar refractivity (Wildman–Crippen MR) is 92.3 cm³/mol. The molecule has 124 valence electrons. The van der Waals surface area contributed by atoms with Gasteiger partial charge in [-0.05, 0) is 26.0 Å². The molecule has 23 heavy (non-hydrogen) atoms. The zero-order valence-electron chi connectivity index (χ0n) is 13.5. The quantitative estimate of drug-likeness (QED) is 0.776. The lowest BCUT2D eigenvalue weighted by Crippen LogP contribution is -2.38. The van der Waals surface area contributed by atoms with Crippen LogP contribution in [-0.2, 0) is 4.79 Å². The first-order valence-electron chi connectivity index (χ1n) is 7.66. The number of aliphatic hydroxyl groups is 1. The van der Waals surface area contributed by atoms with Crippen LogP contribution in [0.1, 0.15) is 30.0 Å². The van der Waals surface area contributed by atoms with Crippen molar-refractivity contribution in [2.45, 2.75) is 25.5 Å². The maximum Gasteiger partial charge on any atom is 0.234 e. The normalized spacial score (nSPS) is 13.7. The number of carbonyl (C=O) groups is 1. The highest BCUT2D eigenvalue weighted by atomic mass is 32.1. The summed E-state index contributed by atoms with van der Waals surface area (Å²) in [7, 11) is 1.88. The van der Waals surface area contributed by atoms with Crippen molar-refractivity contribution in [2.24, 2.45) is 0 Å². The zero-order valence-corrected chi connectivity index (χ0v) is 14.3. The summed E-state index contributed by atoms with van der Waals surface area (Å²) in [5.74, 6) is -0.0536. The third kappa shape index (κ3) is 5.74. The van der Waals surface area contributed by atoms with E-state index in [4.69, 9.17) is 0 Å². The van der Waals surface area contributed by atoms with Crippen LogP contribution in [0.4, 0.5) is 0 Å². The standard InChI is InChI=1S/C17H23N3O2S/c1-13(21)8-10-20(2)12-15(22)19-16(17-18-9-11-23-17)14-6-4-3-5-7-14/h3-7,9,11,13,16,21H,8,10,12H2,1-2H3,(H,19,22). The summed E-state index contributed by atoms with van der Waals surface area (Å²) in [5.41, 5.74) is 1.02. The number of nitrogens with one attached hydrogen (secondary N) is 1. The zero-order chi connectivity index (χ0) is 16.7. The second kappa shape index (κ2) is 8.76. The highest BCUT2D eigenvalue weighted by molar-refractivity contribution is 7.09. The van der Waals surface area contributed by atoms with Crippen LogP contribution in [0.15, 0.2) is 41.9 Å². The monoisotopic (exact) mass is 333 g/mol. The molecule has 0 aliphatic carbocycles. The Labute approximate surface area is 141 Å². The minimum atomic E-state index is -0.354. The fraction of sp³-hybridized carbons (Fsp3) is 0.412. The minimum Gasteiger partial charge on any atom is -0.393 e. The molecular formula is C17H23N3O2S. The van der Waals surface area contributed by atoms with Crippen LogP contribution in [-0.4, -0.2) is 47.1 Å². The molecule has 0 spiro atoms. The van der Waals surface area contributed by atoms with Crippen LogP contribution < -0.4 is 5.32 Å². The molecule has 2 atom stereocenters. The SMILES string of the molecule is CC(O)CCN(C)CC(=O)NC(c1ccccc1)c1nccs1. The van der Waals surface area contributed by atoms with E-state index in [1.54, 1.807) is 13.1 Å². The maximum absolute atomic E-state index is 12.3. The van der Waals surface area contributed by atoms with Gasteiger partial charge in [-0.3, -0.25) is 9.69 Å². The van der Waals surface area contributed by atoms with Gasteiger partial charge in [-0.25, -0.2) is 4.98 Å². The third-order valence-corrected chi connectivity index (χ3v) is 4.32. The number of benzene rings is 1. The molecule has 0 radical (unpaired) electrons. The summed E-state index contributed by atoms with van der Waals surface area (Å²) < 4.78 is 0. The summed E-state index contributed by atoms with van der Waals surface area (Å²) in [5, 5.41) is 15.2. The topological polar surface area (TPSA) is 65.5 Å². The average molecular weight is 333 g/mol. The van der Waals surface area contributed by atoms with Gasteiger partial charge in [-0.1, -0.05) is 30.3 Å². The average Bonchev–Trinajstić information content (AvgIpc) is 3.05. The van der Waals surface area contributed by atoms with Gasteiger partial charge < -0.3 is 10.4 Å². The molecule has 0 bridgehead atoms. The second-order valence-electron chi connectivity index (χ2n) is 5.66. The fourth-order valence-corrected chi connectivity index (χ4v) is 2.96. The Balaban J connectivity index is 2.00. The molecule has 0 saturated heterocycles. The number of aliphatic hydroxyl groups excluding tert-OH is 1. The van der Waals surface area contributed by atoms with Gasteiger partial charge in [0.05, 0.1) is 12.6 Å². The van der Waals surface area contributed by atoms with E-state index in [2.05, 4.69) is 10.3 Å². The molecule has 6 heteroatoms. The highest BCUT2D eigenvalue weighted by Crippen LogP contribution is 2.23. The molecule has 0 aliphatic heterocycles. The van der Waals surface area contributed by atoms with Gasteiger partial charge in [0.2, 0.25) is 5.91 Å². The first kappa shape index (κ1) is 17.6. The summed E-state index contributed by atoms with van der Waals surface area (Å²) >= 11 is 1.53. The molecule has 1 heterocycles. The van der Waals surface area contributed by atoms with E-state index in [1.165, 1.54) is 11.3 Å². The van der Waals surface area contributed by atoms with Crippen molar-refractivity contribution in [1.82, 2.24) is 15.2 Å². The fourth-order valence-electron chi connectivity index (χ4n) is 2.25. The molecule has 0 saturated carbocycles. The molecular weight excluding hydrogens is 310 g/mol. The number of likely N-dealkylation sites (N-methyl/N-ethyl adjacent to an activating group) is 1. The van der Waals surface area contributed by atoms with Crippen LogP contribution in [0.25, 0.3) is 0 Å². The second-order valence-corrected chi connectivity index (χ2v) is 6.58. The Morgan fingerprint density at radius 2 is 2.13 bits per heavy atom. The van der Waals surface area contributed by atoms with E-state index in [1.807, 2.05) is 47.7 Å². The number of carbonyl (C=O) groups excluding carboxylic acids is 1. The lowest BCUT2D eigenvalue weighted by atomic mass is 10.1. The number of amides is 1. The van der Waals surface area contributed by atoms with Crippen molar-refractivity contribution < 1.29 is 9.90 Å². The number of aromatic nitrogens is 1. The molecule has 2 unspecified atom stereocenters. The third-order valence-electron chi connectivity index (χ3n) is 3.48. The highest BCUT2D eigenvalue weighted by Gasteiger charge is 2.19. The largest absolute Gasteiger partial charge is 0.393 e. The van der Waals surface area contributed by atoms with Gasteiger partial charge in [0.25, 0.3) is 0 Å². The van der Waals surface area contributed by atoms with Crippen molar-refractivity contribution in [2.75, 3.05) is 20.1 Å². The van der Waals surface area contributed by atoms with Crippen LogP contribution in [0.3, 0.4) is 0 Å². The number of hydrogen-bond acceptors (Lipinski definition) is 5. The van der Waals surface area contributed by atoms with E-state index < -0.39 is 0 Å². The molecule has 5 nitrogen and oxygen atoms in total. The molecule has 2 aromatic rings. The lowest BCUT2D eigenvalue weighted by molar-refractivity contribution is -0.122. The summed E-state index contributed by atoms with van der Waals surface area (Å²) in [6, 6.07) is 9.61. The van der Waals surface area contributed by atoms with Crippen LogP contribution in [0, 0.1) is 0 Å². The van der Waals surface area contributed by atoms with Crippen molar-refractivity contribution >= 4 is 17.2 Å². The van der Waals surface area contributed by atoms with Crippen LogP contribution in [0.2, 0.25) is 0 Å². The Morgan fingerprint density at radius 1 is 1.39 bits per heavy atom. The first-order valence-corrected chi connectivity index (χ1v) is 8.54. The Hall–Kier alpha value is -1.76. The number of nitrogens with zero attached hydrogens (tertiary/aromatic N) is 2. The van der Waals surface area contributed by atoms with Gasteiger partial charge in [-0.15, -0.1) is 11.3 Å². The van der Waals surface area contributed by atoms with Crippen molar-refractivity contribution in [1.29, 1.82) is 0 Å². The summed E-state index contributed by atoms with van der Waals surface area (Å²) in [6.45, 7) is 2.72. The van der Waals surface area contributed by atoms with E-state index in [9.17, 15) is 9.90 Å². The maximum atomic E-state index is 12.3. The molecule has 2 N–H and O–H groups in total. The minimum absolute atomic E-state index is 0.0536. The molecule has 2 rings (SSSR count). The van der Waals surface area contributed by atoms with Gasteiger partial charge in [0, 0.05) is 18.1 Å². The van der Waals surface area contributed by atoms with Crippen molar-refractivity contribution in [3.8, 4) is 0 Å². The number of hydrogen-bond donors (Lipinski definition) is 2. The van der Waals surface area contributed by atoms with E-state index in [0.717, 1.165) is 10.6 Å². The van der Waals surface area contributed by atoms with Gasteiger partial charge in [-0.2, -0.15) is 0 Å². The molecule has 1 amide bonds. The summed E-state index contributed by atoms with van der Waals surface area (Å²) in [6.07, 6.45) is 2.04. The van der Waals surface area contributed by atoms with Crippen LogP contribution >= 0.6 is 11.3 Å². The van der Waals surface area contributed by atoms with E-state index in [-0.39, 0.29) is 18.1 Å². The Morgan fingerprint density at radius 3 is 2.74 bits per heavy atom. The van der Waals surface area contributed by atoms with E-state index in [0.29, 0.717) is 19.5 Å². The molecule has 0 aliphatic rings. The van der Waals surface area contributed by atoms with Gasteiger partial charge >= 0.3 is 0 Å². The van der Waals surface area contributed by atoms with Gasteiger partial charge in [0.15, 0.2) is 0 Å².